The van der Waals surface area contributed by atoms with E-state index in [0.717, 1.165) is 50.1 Å². The molecule has 256 valence electrons. The molecule has 1 aliphatic rings. The van der Waals surface area contributed by atoms with E-state index >= 15 is 0 Å². The third kappa shape index (κ3) is 6.27. The zero-order valence-corrected chi connectivity index (χ0v) is 30.7. The first-order valence-corrected chi connectivity index (χ1v) is 18.8. The third-order valence-electron chi connectivity index (χ3n) is 10.2. The van der Waals surface area contributed by atoms with Crippen LogP contribution in [0.3, 0.4) is 0 Å². The fraction of sp³-hybridized carbons (Fsp3) is 0.0612. The molecule has 0 radical (unpaired) electrons. The zero-order chi connectivity index (χ0) is 36.6. The molecule has 1 aliphatic heterocycles. The van der Waals surface area contributed by atoms with Crippen molar-refractivity contribution in [3.63, 3.8) is 0 Å². The van der Waals surface area contributed by atoms with Crippen molar-refractivity contribution in [2.75, 3.05) is 0 Å². The van der Waals surface area contributed by atoms with Gasteiger partial charge in [0.1, 0.15) is 0 Å². The summed E-state index contributed by atoms with van der Waals surface area (Å²) in [6.07, 6.45) is 0. The minimum Gasteiger partial charge on any atom is -0.208 e. The third-order valence-corrected chi connectivity index (χ3v) is 11.4. The van der Waals surface area contributed by atoms with Gasteiger partial charge >= 0.3 is 0 Å². The molecule has 0 aliphatic carbocycles. The van der Waals surface area contributed by atoms with Crippen molar-refractivity contribution in [3.05, 3.63) is 187 Å². The smallest absolute Gasteiger partial charge is 0.164 e. The summed E-state index contributed by atoms with van der Waals surface area (Å²) in [5.41, 5.74) is 12.5. The number of hydrogen-bond acceptors (Lipinski definition) is 5. The number of rotatable bonds is 6. The Morgan fingerprint density at radius 2 is 0.815 bits per heavy atom. The molecule has 0 fully saturated rings. The molecule has 0 atom stereocenters. The lowest BCUT2D eigenvalue weighted by atomic mass is 9.76. The highest BCUT2D eigenvalue weighted by Gasteiger charge is 2.33. The quantitative estimate of drug-likeness (QED) is 0.172. The molecule has 5 heteroatoms. The summed E-state index contributed by atoms with van der Waals surface area (Å²) in [6, 6.07) is 61.2. The van der Waals surface area contributed by atoms with Crippen LogP contribution in [-0.4, -0.2) is 15.0 Å². The fourth-order valence-electron chi connectivity index (χ4n) is 7.26. The van der Waals surface area contributed by atoms with Gasteiger partial charge in [-0.05, 0) is 93.0 Å². The normalized spacial score (nSPS) is 12.7. The monoisotopic (exact) mass is 710 g/mol. The van der Waals surface area contributed by atoms with Gasteiger partial charge in [0, 0.05) is 31.9 Å². The maximum absolute atomic E-state index is 9.60. The van der Waals surface area contributed by atoms with Crippen molar-refractivity contribution in [2.45, 2.75) is 29.1 Å². The van der Waals surface area contributed by atoms with E-state index in [-0.39, 0.29) is 5.41 Å². The topological polar surface area (TPSA) is 62.5 Å². The van der Waals surface area contributed by atoms with Crippen LogP contribution in [0.25, 0.3) is 67.5 Å². The molecule has 0 saturated heterocycles. The van der Waals surface area contributed by atoms with Gasteiger partial charge in [-0.2, -0.15) is 5.26 Å². The molecular formula is C49H34N4S. The second kappa shape index (κ2) is 13.7. The van der Waals surface area contributed by atoms with E-state index in [1.54, 1.807) is 11.8 Å². The average Bonchev–Trinajstić information content (AvgIpc) is 3.24. The first-order valence-electron chi connectivity index (χ1n) is 18.0. The molecule has 9 rings (SSSR count). The number of benzene rings is 7. The van der Waals surface area contributed by atoms with Gasteiger partial charge in [-0.3, -0.25) is 0 Å². The van der Waals surface area contributed by atoms with Gasteiger partial charge < -0.3 is 0 Å². The number of nitrogens with zero attached hydrogens (tertiary/aromatic N) is 4. The highest BCUT2D eigenvalue weighted by molar-refractivity contribution is 7.99. The van der Waals surface area contributed by atoms with E-state index in [9.17, 15) is 5.26 Å². The molecule has 2 heterocycles. The predicted octanol–water partition coefficient (Wildman–Crippen LogP) is 12.5. The maximum Gasteiger partial charge on any atom is 0.164 e. The van der Waals surface area contributed by atoms with Crippen LogP contribution in [0.1, 0.15) is 30.5 Å². The minimum absolute atomic E-state index is 0.240. The summed E-state index contributed by atoms with van der Waals surface area (Å²) < 4.78 is 0. The Labute approximate surface area is 319 Å². The number of aromatic nitrogens is 3. The van der Waals surface area contributed by atoms with Gasteiger partial charge in [0.25, 0.3) is 0 Å². The van der Waals surface area contributed by atoms with Crippen LogP contribution in [0.2, 0.25) is 0 Å². The summed E-state index contributed by atoms with van der Waals surface area (Å²) in [5, 5.41) is 9.60. The molecule has 0 saturated carbocycles. The number of hydrogen-bond donors (Lipinski definition) is 0. The van der Waals surface area contributed by atoms with Gasteiger partial charge in [0.15, 0.2) is 17.5 Å². The molecule has 7 aromatic carbocycles. The molecule has 54 heavy (non-hydrogen) atoms. The number of nitriles is 1. The standard InChI is InChI=1S/C49H34N4S/c1-49(2)42-26-32(31-50)22-24-44(42)54-45-25-23-39(30-43(45)49)37-18-9-17-36(27-37)38-19-11-21-41(29-38)48-52-46(34-14-7-4-8-15-34)51-47(53-48)40-20-10-16-35(28-40)33-12-5-3-6-13-33/h3-30H,1-2H3. The van der Waals surface area contributed by atoms with Gasteiger partial charge in [-0.15, -0.1) is 0 Å². The van der Waals surface area contributed by atoms with Gasteiger partial charge in [-0.1, -0.05) is 147 Å². The van der Waals surface area contributed by atoms with Crippen molar-refractivity contribution in [1.29, 1.82) is 5.26 Å². The Morgan fingerprint density at radius 3 is 1.37 bits per heavy atom. The lowest BCUT2D eigenvalue weighted by Crippen LogP contribution is -2.24. The van der Waals surface area contributed by atoms with Crippen LogP contribution in [0, 0.1) is 11.3 Å². The Bertz CT molecular complexity index is 2730. The van der Waals surface area contributed by atoms with Crippen LogP contribution in [0.15, 0.2) is 180 Å². The SMILES string of the molecule is CC1(C)c2cc(C#N)ccc2Sc2ccc(-c3cccc(-c4cccc(-c5nc(-c6ccccc6)nc(-c6cccc(-c7ccccc7)c6)n5)c4)c3)cc21. The summed E-state index contributed by atoms with van der Waals surface area (Å²) in [7, 11) is 0. The molecule has 8 aromatic rings. The maximum atomic E-state index is 9.60. The largest absolute Gasteiger partial charge is 0.208 e. The fourth-order valence-corrected chi connectivity index (χ4v) is 8.62. The molecule has 0 spiro atoms. The molecule has 0 N–H and O–H groups in total. The van der Waals surface area contributed by atoms with E-state index < -0.39 is 0 Å². The van der Waals surface area contributed by atoms with E-state index in [2.05, 4.69) is 141 Å². The highest BCUT2D eigenvalue weighted by atomic mass is 32.2. The van der Waals surface area contributed by atoms with Crippen LogP contribution in [0.4, 0.5) is 0 Å². The summed E-state index contributed by atoms with van der Waals surface area (Å²) in [4.78, 5) is 17.5. The van der Waals surface area contributed by atoms with Gasteiger partial charge in [0.05, 0.1) is 11.6 Å². The van der Waals surface area contributed by atoms with E-state index in [4.69, 9.17) is 15.0 Å². The van der Waals surface area contributed by atoms with E-state index in [1.165, 1.54) is 20.9 Å². The molecular weight excluding hydrogens is 677 g/mol. The summed E-state index contributed by atoms with van der Waals surface area (Å²) in [6.45, 7) is 4.51. The summed E-state index contributed by atoms with van der Waals surface area (Å²) in [5.74, 6) is 1.88. The van der Waals surface area contributed by atoms with Crippen LogP contribution >= 0.6 is 11.8 Å². The Balaban J connectivity index is 1.09. The van der Waals surface area contributed by atoms with Crippen LogP contribution in [0.5, 0.6) is 0 Å². The Morgan fingerprint density at radius 1 is 0.407 bits per heavy atom. The first-order chi connectivity index (χ1) is 26.4. The number of fused-ring (bicyclic) bond motifs is 2. The Kier molecular flexibility index (Phi) is 8.46. The average molecular weight is 711 g/mol. The summed E-state index contributed by atoms with van der Waals surface area (Å²) >= 11 is 1.78. The van der Waals surface area contributed by atoms with E-state index in [0.29, 0.717) is 23.0 Å². The van der Waals surface area contributed by atoms with Crippen molar-refractivity contribution in [1.82, 2.24) is 15.0 Å². The van der Waals surface area contributed by atoms with Crippen molar-refractivity contribution in [2.24, 2.45) is 0 Å². The van der Waals surface area contributed by atoms with Crippen molar-refractivity contribution < 1.29 is 0 Å². The second-order valence-corrected chi connectivity index (χ2v) is 15.1. The van der Waals surface area contributed by atoms with Crippen molar-refractivity contribution >= 4 is 11.8 Å². The first kappa shape index (κ1) is 33.2. The molecule has 0 unspecified atom stereocenters. The van der Waals surface area contributed by atoms with Gasteiger partial charge in [-0.25, -0.2) is 15.0 Å². The second-order valence-electron chi connectivity index (χ2n) is 14.0. The Hall–Kier alpha value is -6.61. The lowest BCUT2D eigenvalue weighted by molar-refractivity contribution is 0.607. The van der Waals surface area contributed by atoms with Gasteiger partial charge in [0.2, 0.25) is 0 Å². The highest BCUT2D eigenvalue weighted by Crippen LogP contribution is 2.50. The zero-order valence-electron chi connectivity index (χ0n) is 29.9. The molecule has 0 bridgehead atoms. The lowest BCUT2D eigenvalue weighted by Gasteiger charge is -2.35. The predicted molar refractivity (Wildman–Crippen MR) is 220 cm³/mol. The van der Waals surface area contributed by atoms with Crippen LogP contribution in [-0.2, 0) is 5.41 Å². The molecule has 0 amide bonds. The minimum atomic E-state index is -0.240. The van der Waals surface area contributed by atoms with E-state index in [1.807, 2.05) is 48.5 Å². The molecule has 1 aromatic heterocycles. The molecule has 4 nitrogen and oxygen atoms in total. The van der Waals surface area contributed by atoms with Crippen LogP contribution < -0.4 is 0 Å². The van der Waals surface area contributed by atoms with Crippen molar-refractivity contribution in [3.8, 4) is 73.6 Å².